The number of rotatable bonds is 4. The summed E-state index contributed by atoms with van der Waals surface area (Å²) < 4.78 is 0. The smallest absolute Gasteiger partial charge is 0.227 e. The molecule has 1 amide bonds. The van der Waals surface area contributed by atoms with Gasteiger partial charge in [-0.15, -0.1) is 0 Å². The predicted molar refractivity (Wildman–Crippen MR) is 73.4 cm³/mol. The van der Waals surface area contributed by atoms with Crippen molar-refractivity contribution in [3.8, 4) is 0 Å². The Morgan fingerprint density at radius 1 is 1.56 bits per heavy atom. The number of carbonyl (C=O) groups is 1. The lowest BCUT2D eigenvalue weighted by molar-refractivity contribution is -0.132. The molecule has 2 heterocycles. The van der Waals surface area contributed by atoms with Gasteiger partial charge in [0.15, 0.2) is 0 Å². The van der Waals surface area contributed by atoms with Gasteiger partial charge >= 0.3 is 0 Å². The molecule has 0 saturated carbocycles. The van der Waals surface area contributed by atoms with Crippen molar-refractivity contribution in [2.24, 2.45) is 17.3 Å². The van der Waals surface area contributed by atoms with Gasteiger partial charge in [-0.25, -0.2) is 0 Å². The van der Waals surface area contributed by atoms with Gasteiger partial charge in [-0.1, -0.05) is 13.8 Å². The first-order valence-electron chi connectivity index (χ1n) is 7.22. The Kier molecular flexibility index (Phi) is 4.28. The van der Waals surface area contributed by atoms with Crippen LogP contribution in [-0.4, -0.2) is 50.6 Å². The largest absolute Gasteiger partial charge is 0.355 e. The van der Waals surface area contributed by atoms with Crippen molar-refractivity contribution in [3.05, 3.63) is 0 Å². The van der Waals surface area contributed by atoms with Crippen molar-refractivity contribution in [1.29, 1.82) is 0 Å². The molecule has 2 fully saturated rings. The van der Waals surface area contributed by atoms with Crippen LogP contribution in [0.4, 0.5) is 0 Å². The fourth-order valence-corrected chi connectivity index (χ4v) is 3.27. The highest BCUT2D eigenvalue weighted by Crippen LogP contribution is 2.34. The van der Waals surface area contributed by atoms with E-state index >= 15 is 0 Å². The average Bonchev–Trinajstić information content (AvgIpc) is 2.95. The molecule has 2 rings (SSSR count). The van der Waals surface area contributed by atoms with Gasteiger partial charge in [0.1, 0.15) is 0 Å². The minimum atomic E-state index is -0.176. The van der Waals surface area contributed by atoms with E-state index in [1.165, 1.54) is 6.42 Å². The fraction of sp³-hybridized carbons (Fsp3) is 0.929. The summed E-state index contributed by atoms with van der Waals surface area (Å²) in [5, 5.41) is 6.55. The fourth-order valence-electron chi connectivity index (χ4n) is 3.27. The first-order chi connectivity index (χ1) is 8.54. The molecular formula is C14H27N3O. The van der Waals surface area contributed by atoms with Gasteiger partial charge in [-0.3, -0.25) is 4.79 Å². The molecule has 2 aliphatic rings. The highest BCUT2D eigenvalue weighted by molar-refractivity contribution is 5.83. The van der Waals surface area contributed by atoms with Crippen LogP contribution in [0, 0.1) is 17.3 Å². The SMILES string of the molecule is CC(C)C1(C(=O)NCC2CCN(C)C2)CCNC1. The molecule has 2 unspecified atom stereocenters. The van der Waals surface area contributed by atoms with E-state index in [1.807, 2.05) is 0 Å². The standard InChI is InChI=1S/C14H27N3O/c1-11(2)14(5-6-15-10-14)13(18)16-8-12-4-7-17(3)9-12/h11-12,15H,4-10H2,1-3H3,(H,16,18). The molecule has 4 heteroatoms. The molecule has 0 aliphatic carbocycles. The van der Waals surface area contributed by atoms with E-state index in [4.69, 9.17) is 0 Å². The number of hydrogen-bond acceptors (Lipinski definition) is 3. The van der Waals surface area contributed by atoms with E-state index < -0.39 is 0 Å². The van der Waals surface area contributed by atoms with Crippen LogP contribution in [0.1, 0.15) is 26.7 Å². The predicted octanol–water partition coefficient (Wildman–Crippen LogP) is 0.690. The van der Waals surface area contributed by atoms with Crippen LogP contribution < -0.4 is 10.6 Å². The minimum Gasteiger partial charge on any atom is -0.355 e. The van der Waals surface area contributed by atoms with E-state index in [-0.39, 0.29) is 11.3 Å². The molecule has 0 radical (unpaired) electrons. The van der Waals surface area contributed by atoms with Gasteiger partial charge in [0.25, 0.3) is 0 Å². The maximum Gasteiger partial charge on any atom is 0.227 e. The topological polar surface area (TPSA) is 44.4 Å². The number of nitrogens with zero attached hydrogens (tertiary/aromatic N) is 1. The highest BCUT2D eigenvalue weighted by atomic mass is 16.2. The zero-order valence-electron chi connectivity index (χ0n) is 12.0. The molecule has 0 spiro atoms. The number of hydrogen-bond donors (Lipinski definition) is 2. The second-order valence-corrected chi connectivity index (χ2v) is 6.36. The first kappa shape index (κ1) is 13.8. The van der Waals surface area contributed by atoms with Gasteiger partial charge in [0.2, 0.25) is 5.91 Å². The van der Waals surface area contributed by atoms with Crippen molar-refractivity contribution >= 4 is 5.91 Å². The summed E-state index contributed by atoms with van der Waals surface area (Å²) in [6.45, 7) is 9.26. The Labute approximate surface area is 110 Å². The maximum absolute atomic E-state index is 12.5. The summed E-state index contributed by atoms with van der Waals surface area (Å²) in [6, 6.07) is 0. The highest BCUT2D eigenvalue weighted by Gasteiger charge is 2.43. The van der Waals surface area contributed by atoms with Crippen LogP contribution in [0.15, 0.2) is 0 Å². The van der Waals surface area contributed by atoms with Gasteiger partial charge in [-0.05, 0) is 44.8 Å². The molecule has 4 nitrogen and oxygen atoms in total. The van der Waals surface area contributed by atoms with Crippen LogP contribution in [-0.2, 0) is 4.79 Å². The molecule has 2 saturated heterocycles. The number of amides is 1. The van der Waals surface area contributed by atoms with E-state index in [9.17, 15) is 4.79 Å². The molecule has 18 heavy (non-hydrogen) atoms. The summed E-state index contributed by atoms with van der Waals surface area (Å²) in [5.74, 6) is 1.30. The molecule has 104 valence electrons. The molecule has 0 bridgehead atoms. The monoisotopic (exact) mass is 253 g/mol. The van der Waals surface area contributed by atoms with Gasteiger partial charge in [-0.2, -0.15) is 0 Å². The molecule has 2 atom stereocenters. The van der Waals surface area contributed by atoms with Gasteiger partial charge < -0.3 is 15.5 Å². The van der Waals surface area contributed by atoms with E-state index in [1.54, 1.807) is 0 Å². The third-order valence-electron chi connectivity index (χ3n) is 4.79. The summed E-state index contributed by atoms with van der Waals surface area (Å²) in [6.07, 6.45) is 2.19. The minimum absolute atomic E-state index is 0.176. The Bertz CT molecular complexity index is 297. The lowest BCUT2D eigenvalue weighted by Crippen LogP contribution is -2.47. The number of likely N-dealkylation sites (tertiary alicyclic amines) is 1. The van der Waals surface area contributed by atoms with Gasteiger partial charge in [0, 0.05) is 19.6 Å². The second kappa shape index (κ2) is 5.57. The number of carbonyl (C=O) groups excluding carboxylic acids is 1. The first-order valence-corrected chi connectivity index (χ1v) is 7.22. The maximum atomic E-state index is 12.5. The molecule has 0 aromatic heterocycles. The molecule has 0 aromatic carbocycles. The summed E-state index contributed by atoms with van der Waals surface area (Å²) in [4.78, 5) is 14.8. The Morgan fingerprint density at radius 3 is 2.83 bits per heavy atom. The van der Waals surface area contributed by atoms with Gasteiger partial charge in [0.05, 0.1) is 5.41 Å². The van der Waals surface area contributed by atoms with Crippen molar-refractivity contribution in [1.82, 2.24) is 15.5 Å². The third-order valence-corrected chi connectivity index (χ3v) is 4.79. The van der Waals surface area contributed by atoms with Crippen molar-refractivity contribution in [2.45, 2.75) is 26.7 Å². The zero-order valence-corrected chi connectivity index (χ0v) is 12.0. The Hall–Kier alpha value is -0.610. The Balaban J connectivity index is 1.86. The molecular weight excluding hydrogens is 226 g/mol. The van der Waals surface area contributed by atoms with Crippen LogP contribution >= 0.6 is 0 Å². The molecule has 2 aliphatic heterocycles. The molecule has 0 aromatic rings. The summed E-state index contributed by atoms with van der Waals surface area (Å²) in [5.41, 5.74) is -0.176. The Morgan fingerprint density at radius 2 is 2.33 bits per heavy atom. The van der Waals surface area contributed by atoms with E-state index in [2.05, 4.69) is 36.4 Å². The van der Waals surface area contributed by atoms with E-state index in [0.29, 0.717) is 11.8 Å². The van der Waals surface area contributed by atoms with Crippen LogP contribution in [0.2, 0.25) is 0 Å². The van der Waals surface area contributed by atoms with Crippen molar-refractivity contribution < 1.29 is 4.79 Å². The molecule has 2 N–H and O–H groups in total. The summed E-state index contributed by atoms with van der Waals surface area (Å²) >= 11 is 0. The van der Waals surface area contributed by atoms with E-state index in [0.717, 1.165) is 39.1 Å². The number of nitrogens with one attached hydrogen (secondary N) is 2. The lowest BCUT2D eigenvalue weighted by atomic mass is 9.75. The van der Waals surface area contributed by atoms with Crippen LogP contribution in [0.3, 0.4) is 0 Å². The van der Waals surface area contributed by atoms with Crippen LogP contribution in [0.25, 0.3) is 0 Å². The third kappa shape index (κ3) is 2.69. The van der Waals surface area contributed by atoms with Crippen molar-refractivity contribution in [2.75, 3.05) is 39.8 Å². The van der Waals surface area contributed by atoms with Crippen molar-refractivity contribution in [3.63, 3.8) is 0 Å². The second-order valence-electron chi connectivity index (χ2n) is 6.36. The van der Waals surface area contributed by atoms with Crippen LogP contribution in [0.5, 0.6) is 0 Å². The lowest BCUT2D eigenvalue weighted by Gasteiger charge is -2.31. The zero-order chi connectivity index (χ0) is 13.2. The quantitative estimate of drug-likeness (QED) is 0.775. The average molecular weight is 253 g/mol. The normalized spacial score (nSPS) is 33.2. The summed E-state index contributed by atoms with van der Waals surface area (Å²) in [7, 11) is 2.15.